The summed E-state index contributed by atoms with van der Waals surface area (Å²) in [6.45, 7) is 1.51. The standard InChI is InChI=1S/C22H20F3N5O3/c1-27-20(14-19(26-27)15-5-7-17(8-6-15)30(32)33)21(31)29-11-9-28(10-12-29)18-4-2-3-16(13-18)22(23,24)25/h2-8,13-14H,9-12H2,1H3. The van der Waals surface area contributed by atoms with Crippen molar-refractivity contribution in [2.75, 3.05) is 31.1 Å². The van der Waals surface area contributed by atoms with Gasteiger partial charge in [0.05, 0.1) is 16.2 Å². The van der Waals surface area contributed by atoms with Crippen LogP contribution >= 0.6 is 0 Å². The van der Waals surface area contributed by atoms with Crippen molar-refractivity contribution in [3.63, 3.8) is 0 Å². The Kier molecular flexibility index (Phi) is 5.79. The molecule has 1 saturated heterocycles. The van der Waals surface area contributed by atoms with E-state index in [4.69, 9.17) is 0 Å². The van der Waals surface area contributed by atoms with Crippen LogP contribution in [0.4, 0.5) is 24.5 Å². The summed E-state index contributed by atoms with van der Waals surface area (Å²) in [4.78, 5) is 26.8. The molecule has 33 heavy (non-hydrogen) atoms. The van der Waals surface area contributed by atoms with Crippen LogP contribution in [0.2, 0.25) is 0 Å². The Labute approximate surface area is 187 Å². The average Bonchev–Trinajstić information content (AvgIpc) is 3.20. The number of anilines is 1. The van der Waals surface area contributed by atoms with Gasteiger partial charge in [-0.05, 0) is 36.4 Å². The first-order chi connectivity index (χ1) is 15.6. The van der Waals surface area contributed by atoms with Crippen LogP contribution in [0, 0.1) is 10.1 Å². The number of halogens is 3. The molecule has 0 radical (unpaired) electrons. The van der Waals surface area contributed by atoms with Crippen LogP contribution in [-0.2, 0) is 13.2 Å². The number of nitro benzene ring substituents is 1. The number of piperazine rings is 1. The number of nitrogens with zero attached hydrogens (tertiary/aromatic N) is 5. The van der Waals surface area contributed by atoms with E-state index in [-0.39, 0.29) is 11.6 Å². The lowest BCUT2D eigenvalue weighted by molar-refractivity contribution is -0.384. The van der Waals surface area contributed by atoms with E-state index in [1.54, 1.807) is 36.2 Å². The molecule has 11 heteroatoms. The van der Waals surface area contributed by atoms with Gasteiger partial charge in [0.2, 0.25) is 0 Å². The second kappa shape index (κ2) is 8.57. The summed E-state index contributed by atoms with van der Waals surface area (Å²) in [5, 5.41) is 15.2. The van der Waals surface area contributed by atoms with Gasteiger partial charge in [0.25, 0.3) is 11.6 Å². The van der Waals surface area contributed by atoms with E-state index in [9.17, 15) is 28.1 Å². The molecule has 1 fully saturated rings. The zero-order valence-corrected chi connectivity index (χ0v) is 17.6. The third-order valence-electron chi connectivity index (χ3n) is 5.58. The molecule has 0 spiro atoms. The molecule has 0 atom stereocenters. The quantitative estimate of drug-likeness (QED) is 0.435. The zero-order chi connectivity index (χ0) is 23.8. The van der Waals surface area contributed by atoms with Crippen molar-refractivity contribution < 1.29 is 22.9 Å². The van der Waals surface area contributed by atoms with Gasteiger partial charge in [-0.3, -0.25) is 19.6 Å². The topological polar surface area (TPSA) is 84.5 Å². The Balaban J connectivity index is 1.45. The number of hydrogen-bond acceptors (Lipinski definition) is 5. The average molecular weight is 459 g/mol. The molecule has 1 aliphatic heterocycles. The van der Waals surface area contributed by atoms with Crippen LogP contribution in [0.15, 0.2) is 54.6 Å². The van der Waals surface area contributed by atoms with Crippen LogP contribution in [0.5, 0.6) is 0 Å². The van der Waals surface area contributed by atoms with Crippen molar-refractivity contribution >= 4 is 17.3 Å². The second-order valence-corrected chi connectivity index (χ2v) is 7.67. The molecule has 0 aliphatic carbocycles. The summed E-state index contributed by atoms with van der Waals surface area (Å²) in [7, 11) is 1.64. The van der Waals surface area contributed by atoms with E-state index in [1.807, 2.05) is 4.90 Å². The first-order valence-corrected chi connectivity index (χ1v) is 10.1. The minimum absolute atomic E-state index is 0.0374. The van der Waals surface area contributed by atoms with E-state index < -0.39 is 16.7 Å². The van der Waals surface area contributed by atoms with E-state index in [1.165, 1.54) is 22.9 Å². The van der Waals surface area contributed by atoms with Crippen LogP contribution in [0.25, 0.3) is 11.3 Å². The van der Waals surface area contributed by atoms with Crippen LogP contribution in [-0.4, -0.2) is 51.7 Å². The number of aryl methyl sites for hydroxylation is 1. The molecule has 1 amide bonds. The van der Waals surface area contributed by atoms with Gasteiger partial charge in [-0.25, -0.2) is 0 Å². The van der Waals surface area contributed by atoms with Gasteiger partial charge in [-0.15, -0.1) is 0 Å². The first-order valence-electron chi connectivity index (χ1n) is 10.1. The number of carbonyl (C=O) groups excluding carboxylic acids is 1. The van der Waals surface area contributed by atoms with Crippen molar-refractivity contribution in [3.8, 4) is 11.3 Å². The molecule has 8 nitrogen and oxygen atoms in total. The maximum absolute atomic E-state index is 13.0. The number of hydrogen-bond donors (Lipinski definition) is 0. The van der Waals surface area contributed by atoms with Crippen LogP contribution < -0.4 is 4.90 Å². The van der Waals surface area contributed by atoms with Crippen molar-refractivity contribution in [3.05, 3.63) is 76.0 Å². The second-order valence-electron chi connectivity index (χ2n) is 7.67. The summed E-state index contributed by atoms with van der Waals surface area (Å²) in [6.07, 6.45) is -4.41. The van der Waals surface area contributed by atoms with E-state index in [0.717, 1.165) is 12.1 Å². The summed E-state index contributed by atoms with van der Waals surface area (Å²) >= 11 is 0. The molecular formula is C22H20F3N5O3. The predicted molar refractivity (Wildman–Crippen MR) is 115 cm³/mol. The van der Waals surface area contributed by atoms with Crippen molar-refractivity contribution in [1.29, 1.82) is 0 Å². The molecule has 1 aliphatic rings. The van der Waals surface area contributed by atoms with Gasteiger partial charge in [-0.1, -0.05) is 6.07 Å². The molecule has 0 N–H and O–H groups in total. The highest BCUT2D eigenvalue weighted by atomic mass is 19.4. The highest BCUT2D eigenvalue weighted by Crippen LogP contribution is 2.32. The Morgan fingerprint density at radius 3 is 2.30 bits per heavy atom. The summed E-state index contributed by atoms with van der Waals surface area (Å²) in [6, 6.07) is 12.7. The normalized spacial score (nSPS) is 14.4. The monoisotopic (exact) mass is 459 g/mol. The largest absolute Gasteiger partial charge is 0.416 e. The number of alkyl halides is 3. The molecule has 0 saturated carbocycles. The Morgan fingerprint density at radius 2 is 1.70 bits per heavy atom. The van der Waals surface area contributed by atoms with Gasteiger partial charge in [0.1, 0.15) is 5.69 Å². The lowest BCUT2D eigenvalue weighted by atomic mass is 10.1. The molecule has 1 aromatic heterocycles. The van der Waals surface area contributed by atoms with E-state index >= 15 is 0 Å². The van der Waals surface area contributed by atoms with Gasteiger partial charge in [-0.2, -0.15) is 18.3 Å². The van der Waals surface area contributed by atoms with Crippen LogP contribution in [0.1, 0.15) is 16.1 Å². The Hall–Kier alpha value is -3.89. The van der Waals surface area contributed by atoms with Gasteiger partial charge >= 0.3 is 6.18 Å². The fraction of sp³-hybridized carbons (Fsp3) is 0.273. The minimum Gasteiger partial charge on any atom is -0.368 e. The molecule has 3 aromatic rings. The first kappa shape index (κ1) is 22.3. The number of aromatic nitrogens is 2. The molecule has 172 valence electrons. The maximum atomic E-state index is 13.0. The molecule has 4 rings (SSSR count). The summed E-state index contributed by atoms with van der Waals surface area (Å²) < 4.78 is 40.5. The van der Waals surface area contributed by atoms with Gasteiger partial charge < -0.3 is 9.80 Å². The summed E-state index contributed by atoms with van der Waals surface area (Å²) in [5.41, 5.74) is 1.24. The van der Waals surface area contributed by atoms with Gasteiger partial charge in [0.15, 0.2) is 0 Å². The van der Waals surface area contributed by atoms with Gasteiger partial charge in [0, 0.05) is 56.6 Å². The molecule has 0 bridgehead atoms. The van der Waals surface area contributed by atoms with Crippen molar-refractivity contribution in [2.45, 2.75) is 6.18 Å². The SMILES string of the molecule is Cn1nc(-c2ccc([N+](=O)[O-])cc2)cc1C(=O)N1CCN(c2cccc(C(F)(F)F)c2)CC1. The number of non-ortho nitro benzene ring substituents is 1. The van der Waals surface area contributed by atoms with E-state index in [2.05, 4.69) is 5.10 Å². The molecular weight excluding hydrogens is 439 g/mol. The lowest BCUT2D eigenvalue weighted by Crippen LogP contribution is -2.49. The number of carbonyl (C=O) groups is 1. The Morgan fingerprint density at radius 1 is 1.03 bits per heavy atom. The van der Waals surface area contributed by atoms with Crippen molar-refractivity contribution in [2.24, 2.45) is 7.05 Å². The number of benzene rings is 2. The number of nitro groups is 1. The lowest BCUT2D eigenvalue weighted by Gasteiger charge is -2.36. The summed E-state index contributed by atoms with van der Waals surface area (Å²) in [5.74, 6) is -0.234. The third kappa shape index (κ3) is 4.66. The number of amides is 1. The number of rotatable bonds is 4. The molecule has 2 heterocycles. The molecule has 0 unspecified atom stereocenters. The zero-order valence-electron chi connectivity index (χ0n) is 17.6. The fourth-order valence-electron chi connectivity index (χ4n) is 3.77. The predicted octanol–water partition coefficient (Wildman–Crippen LogP) is 3.98. The van der Waals surface area contributed by atoms with Crippen LogP contribution in [0.3, 0.4) is 0 Å². The molecule has 2 aromatic carbocycles. The smallest absolute Gasteiger partial charge is 0.368 e. The fourth-order valence-corrected chi connectivity index (χ4v) is 3.77. The highest BCUT2D eigenvalue weighted by Gasteiger charge is 2.31. The highest BCUT2D eigenvalue weighted by molar-refractivity contribution is 5.94. The third-order valence-corrected chi connectivity index (χ3v) is 5.58. The Bertz CT molecular complexity index is 1180. The minimum atomic E-state index is -4.41. The maximum Gasteiger partial charge on any atom is 0.416 e. The van der Waals surface area contributed by atoms with Crippen molar-refractivity contribution in [1.82, 2.24) is 14.7 Å². The van der Waals surface area contributed by atoms with E-state index in [0.29, 0.717) is 48.8 Å².